The van der Waals surface area contributed by atoms with Crippen molar-refractivity contribution in [2.75, 3.05) is 13.7 Å². The van der Waals surface area contributed by atoms with Gasteiger partial charge < -0.3 is 4.74 Å². The van der Waals surface area contributed by atoms with Gasteiger partial charge in [0.1, 0.15) is 5.75 Å². The molecule has 3 heteroatoms. The second kappa shape index (κ2) is 8.19. The molecule has 0 heterocycles. The summed E-state index contributed by atoms with van der Waals surface area (Å²) in [5.41, 5.74) is 1.34. The average molecular weight is 354 g/mol. The summed E-state index contributed by atoms with van der Waals surface area (Å²) >= 11 is 3.69. The van der Waals surface area contributed by atoms with Gasteiger partial charge in [-0.05, 0) is 55.5 Å². The Hall–Kier alpha value is -0.540. The Labute approximate surface area is 138 Å². The topological polar surface area (TPSA) is 12.5 Å². The average Bonchev–Trinajstić information content (AvgIpc) is 2.99. The largest absolute Gasteiger partial charge is 0.497 e. The van der Waals surface area contributed by atoms with Crippen LogP contribution in [0.3, 0.4) is 0 Å². The third-order valence-corrected chi connectivity index (χ3v) is 5.23. The molecule has 1 aliphatic rings. The zero-order chi connectivity index (χ0) is 15.2. The van der Waals surface area contributed by atoms with E-state index in [4.69, 9.17) is 4.74 Å². The molecule has 0 bridgehead atoms. The maximum Gasteiger partial charge on any atom is 0.119 e. The first-order chi connectivity index (χ1) is 10.1. The first-order valence-corrected chi connectivity index (χ1v) is 8.96. The maximum atomic E-state index is 5.38. The molecule has 0 spiro atoms. The summed E-state index contributed by atoms with van der Waals surface area (Å²) in [5.74, 6) is 1.71. The van der Waals surface area contributed by atoms with Crippen molar-refractivity contribution in [2.24, 2.45) is 5.92 Å². The SMILES string of the molecule is COc1ccc(Br)c(CN(CCC(C)C)C2CCCC2)c1. The second-order valence-electron chi connectivity index (χ2n) is 6.55. The van der Waals surface area contributed by atoms with Crippen LogP contribution in [0.25, 0.3) is 0 Å². The highest BCUT2D eigenvalue weighted by Gasteiger charge is 2.23. The van der Waals surface area contributed by atoms with Crippen LogP contribution in [0.5, 0.6) is 5.75 Å². The van der Waals surface area contributed by atoms with E-state index in [0.717, 1.165) is 24.3 Å². The molecule has 21 heavy (non-hydrogen) atoms. The number of methoxy groups -OCH3 is 1. The van der Waals surface area contributed by atoms with Gasteiger partial charge in [0, 0.05) is 17.1 Å². The van der Waals surface area contributed by atoms with E-state index in [9.17, 15) is 0 Å². The summed E-state index contributed by atoms with van der Waals surface area (Å²) in [6.07, 6.45) is 6.78. The van der Waals surface area contributed by atoms with Gasteiger partial charge in [-0.25, -0.2) is 0 Å². The summed E-state index contributed by atoms with van der Waals surface area (Å²) in [4.78, 5) is 2.69. The Morgan fingerprint density at radius 1 is 1.29 bits per heavy atom. The minimum absolute atomic E-state index is 0.766. The Morgan fingerprint density at radius 3 is 2.62 bits per heavy atom. The standard InChI is InChI=1S/C18H28BrNO/c1-14(2)10-11-20(16-6-4-5-7-16)13-15-12-17(21-3)8-9-18(15)19/h8-9,12,14,16H,4-7,10-11,13H2,1-3H3. The Morgan fingerprint density at radius 2 is 2.00 bits per heavy atom. The Balaban J connectivity index is 2.09. The lowest BCUT2D eigenvalue weighted by Crippen LogP contribution is -2.34. The number of hydrogen-bond donors (Lipinski definition) is 0. The van der Waals surface area contributed by atoms with Crippen LogP contribution in [0.4, 0.5) is 0 Å². The summed E-state index contributed by atoms with van der Waals surface area (Å²) in [6, 6.07) is 7.05. The monoisotopic (exact) mass is 353 g/mol. The molecule has 0 radical (unpaired) electrons. The molecule has 1 fully saturated rings. The maximum absolute atomic E-state index is 5.38. The van der Waals surface area contributed by atoms with E-state index < -0.39 is 0 Å². The smallest absolute Gasteiger partial charge is 0.119 e. The molecule has 0 N–H and O–H groups in total. The van der Waals surface area contributed by atoms with E-state index in [1.165, 1.54) is 48.7 Å². The molecule has 0 aliphatic heterocycles. The Kier molecular flexibility index (Phi) is 6.56. The minimum Gasteiger partial charge on any atom is -0.497 e. The molecule has 2 nitrogen and oxygen atoms in total. The fourth-order valence-electron chi connectivity index (χ4n) is 3.10. The third-order valence-electron chi connectivity index (χ3n) is 4.46. The molecule has 0 unspecified atom stereocenters. The van der Waals surface area contributed by atoms with Crippen LogP contribution in [0.1, 0.15) is 51.5 Å². The van der Waals surface area contributed by atoms with Gasteiger partial charge in [0.25, 0.3) is 0 Å². The van der Waals surface area contributed by atoms with Crippen molar-refractivity contribution >= 4 is 15.9 Å². The van der Waals surface area contributed by atoms with Gasteiger partial charge in [0.15, 0.2) is 0 Å². The molecular formula is C18H28BrNO. The van der Waals surface area contributed by atoms with Gasteiger partial charge in [0.05, 0.1) is 7.11 Å². The molecule has 2 rings (SSSR count). The van der Waals surface area contributed by atoms with E-state index in [1.54, 1.807) is 7.11 Å². The van der Waals surface area contributed by atoms with Crippen LogP contribution in [-0.2, 0) is 6.54 Å². The summed E-state index contributed by atoms with van der Waals surface area (Å²) < 4.78 is 6.57. The molecule has 1 saturated carbocycles. The van der Waals surface area contributed by atoms with Crippen LogP contribution in [-0.4, -0.2) is 24.6 Å². The number of nitrogens with zero attached hydrogens (tertiary/aromatic N) is 1. The zero-order valence-corrected chi connectivity index (χ0v) is 15.2. The van der Waals surface area contributed by atoms with Crippen LogP contribution >= 0.6 is 15.9 Å². The van der Waals surface area contributed by atoms with Gasteiger partial charge in [-0.15, -0.1) is 0 Å². The lowest BCUT2D eigenvalue weighted by atomic mass is 10.1. The zero-order valence-electron chi connectivity index (χ0n) is 13.6. The summed E-state index contributed by atoms with van der Waals surface area (Å²) in [7, 11) is 1.74. The first kappa shape index (κ1) is 16.8. The van der Waals surface area contributed by atoms with Gasteiger partial charge >= 0.3 is 0 Å². The van der Waals surface area contributed by atoms with Gasteiger partial charge in [-0.1, -0.05) is 42.6 Å². The molecule has 0 amide bonds. The lowest BCUT2D eigenvalue weighted by Gasteiger charge is -2.30. The quantitative estimate of drug-likeness (QED) is 0.663. The summed E-state index contributed by atoms with van der Waals surface area (Å²) in [6.45, 7) is 6.85. The first-order valence-electron chi connectivity index (χ1n) is 8.16. The molecule has 1 aromatic rings. The van der Waals surface area contributed by atoms with Crippen LogP contribution in [0.2, 0.25) is 0 Å². The summed E-state index contributed by atoms with van der Waals surface area (Å²) in [5, 5.41) is 0. The minimum atomic E-state index is 0.766. The molecule has 0 aromatic heterocycles. The van der Waals surface area contributed by atoms with Gasteiger partial charge in [-0.3, -0.25) is 4.90 Å². The number of benzene rings is 1. The predicted octanol–water partition coefficient (Wildman–Crippen LogP) is 5.25. The third kappa shape index (κ3) is 5.00. The molecule has 1 aromatic carbocycles. The van der Waals surface area contributed by atoms with Crippen molar-refractivity contribution in [3.8, 4) is 5.75 Å². The fourth-order valence-corrected chi connectivity index (χ4v) is 3.47. The van der Waals surface area contributed by atoms with Crippen molar-refractivity contribution in [3.05, 3.63) is 28.2 Å². The number of rotatable bonds is 7. The van der Waals surface area contributed by atoms with Gasteiger partial charge in [-0.2, -0.15) is 0 Å². The van der Waals surface area contributed by atoms with E-state index in [1.807, 2.05) is 6.07 Å². The fraction of sp³-hybridized carbons (Fsp3) is 0.667. The normalized spacial score (nSPS) is 16.1. The van der Waals surface area contributed by atoms with E-state index in [2.05, 4.69) is 46.8 Å². The highest BCUT2D eigenvalue weighted by atomic mass is 79.9. The van der Waals surface area contributed by atoms with Crippen molar-refractivity contribution in [2.45, 2.75) is 58.5 Å². The van der Waals surface area contributed by atoms with Crippen molar-refractivity contribution in [1.29, 1.82) is 0 Å². The molecular weight excluding hydrogens is 326 g/mol. The molecule has 0 atom stereocenters. The molecule has 118 valence electrons. The highest BCUT2D eigenvalue weighted by molar-refractivity contribution is 9.10. The number of hydrogen-bond acceptors (Lipinski definition) is 2. The van der Waals surface area contributed by atoms with E-state index >= 15 is 0 Å². The lowest BCUT2D eigenvalue weighted by molar-refractivity contribution is 0.179. The molecule has 0 saturated heterocycles. The van der Waals surface area contributed by atoms with E-state index in [0.29, 0.717) is 0 Å². The second-order valence-corrected chi connectivity index (χ2v) is 7.40. The molecule has 1 aliphatic carbocycles. The highest BCUT2D eigenvalue weighted by Crippen LogP contribution is 2.29. The van der Waals surface area contributed by atoms with Gasteiger partial charge in [0.2, 0.25) is 0 Å². The Bertz CT molecular complexity index is 441. The van der Waals surface area contributed by atoms with Crippen LogP contribution < -0.4 is 4.74 Å². The van der Waals surface area contributed by atoms with Crippen molar-refractivity contribution in [3.63, 3.8) is 0 Å². The van der Waals surface area contributed by atoms with Crippen molar-refractivity contribution < 1.29 is 4.74 Å². The van der Waals surface area contributed by atoms with Crippen LogP contribution in [0.15, 0.2) is 22.7 Å². The predicted molar refractivity (Wildman–Crippen MR) is 92.8 cm³/mol. The number of ether oxygens (including phenoxy) is 1. The van der Waals surface area contributed by atoms with Crippen LogP contribution in [0, 0.1) is 5.92 Å². The van der Waals surface area contributed by atoms with E-state index in [-0.39, 0.29) is 0 Å². The number of halogens is 1. The van der Waals surface area contributed by atoms with Crippen molar-refractivity contribution in [1.82, 2.24) is 4.90 Å².